The van der Waals surface area contributed by atoms with E-state index in [0.29, 0.717) is 17.9 Å². The van der Waals surface area contributed by atoms with Crippen LogP contribution in [0.4, 0.5) is 22.7 Å². The van der Waals surface area contributed by atoms with Crippen molar-refractivity contribution in [2.24, 2.45) is 10.2 Å². The summed E-state index contributed by atoms with van der Waals surface area (Å²) in [6, 6.07) is 14.6. The summed E-state index contributed by atoms with van der Waals surface area (Å²) in [4.78, 5) is 5.91. The maximum Gasteiger partial charge on any atom is 0.0858 e. The highest BCUT2D eigenvalue weighted by molar-refractivity contribution is 5.53. The first-order valence-electron chi connectivity index (χ1n) is 7.31. The molecule has 3 N–H and O–H groups in total. The van der Waals surface area contributed by atoms with E-state index in [1.807, 2.05) is 31.2 Å². The number of azo groups is 1. The van der Waals surface area contributed by atoms with Crippen molar-refractivity contribution in [2.45, 2.75) is 6.92 Å². The molecule has 0 aromatic heterocycles. The molecule has 122 valence electrons. The summed E-state index contributed by atoms with van der Waals surface area (Å²) < 4.78 is 0. The van der Waals surface area contributed by atoms with Crippen molar-refractivity contribution in [2.75, 3.05) is 30.1 Å². The molecule has 0 saturated heterocycles. The Morgan fingerprint density at radius 2 is 1.57 bits per heavy atom. The van der Waals surface area contributed by atoms with Crippen molar-refractivity contribution in [3.05, 3.63) is 48.5 Å². The van der Waals surface area contributed by atoms with Crippen molar-refractivity contribution >= 4 is 22.7 Å². The lowest BCUT2D eigenvalue weighted by Crippen LogP contribution is -2.25. The van der Waals surface area contributed by atoms with Crippen LogP contribution in [0, 0.1) is 0 Å². The van der Waals surface area contributed by atoms with Gasteiger partial charge in [-0.25, -0.2) is 10.7 Å². The molecule has 0 unspecified atom stereocenters. The van der Waals surface area contributed by atoms with Gasteiger partial charge in [0.1, 0.15) is 0 Å². The fraction of sp³-hybridized carbons (Fsp3) is 0.250. The maximum atomic E-state index is 9.05. The van der Waals surface area contributed by atoms with Crippen LogP contribution in [0.3, 0.4) is 0 Å². The first-order valence-corrected chi connectivity index (χ1v) is 7.31. The van der Waals surface area contributed by atoms with Crippen molar-refractivity contribution in [3.8, 4) is 0 Å². The number of likely N-dealkylation sites (N-methyl/N-ethyl adjacent to an activating group) is 1. The van der Waals surface area contributed by atoms with Crippen LogP contribution in [0.15, 0.2) is 58.8 Å². The first kappa shape index (κ1) is 16.9. The highest BCUT2D eigenvalue weighted by Crippen LogP contribution is 2.23. The highest BCUT2D eigenvalue weighted by Gasteiger charge is 2.02. The number of rotatable bonds is 8. The lowest BCUT2D eigenvalue weighted by Gasteiger charge is -2.21. The number of anilines is 2. The Labute approximate surface area is 134 Å². The van der Waals surface area contributed by atoms with Gasteiger partial charge in [-0.3, -0.25) is 0 Å². The molecular weight excluding hydrogens is 296 g/mol. The van der Waals surface area contributed by atoms with Crippen molar-refractivity contribution < 1.29 is 15.4 Å². The van der Waals surface area contributed by atoms with Crippen LogP contribution in [0.5, 0.6) is 0 Å². The first-order chi connectivity index (χ1) is 11.3. The molecule has 0 saturated carbocycles. The molecular formula is C16H20N4O3. The van der Waals surface area contributed by atoms with E-state index < -0.39 is 0 Å². The van der Waals surface area contributed by atoms with E-state index in [1.165, 1.54) is 0 Å². The minimum absolute atomic E-state index is 0.126. The minimum Gasteiger partial charge on any atom is -0.395 e. The van der Waals surface area contributed by atoms with Gasteiger partial charge < -0.3 is 10.0 Å². The Balaban J connectivity index is 2.02. The third-order valence-electron chi connectivity index (χ3n) is 3.28. The molecule has 0 aliphatic carbocycles. The molecule has 7 nitrogen and oxygen atoms in total. The lowest BCUT2D eigenvalue weighted by atomic mass is 10.2. The van der Waals surface area contributed by atoms with Crippen LogP contribution in [0.2, 0.25) is 0 Å². The number of nitrogens with one attached hydrogen (secondary N) is 1. The highest BCUT2D eigenvalue weighted by atomic mass is 17.2. The molecule has 0 radical (unpaired) electrons. The van der Waals surface area contributed by atoms with Gasteiger partial charge in [-0.15, -0.1) is 4.99 Å². The summed E-state index contributed by atoms with van der Waals surface area (Å²) in [5.74, 6) is 0. The van der Waals surface area contributed by atoms with Crippen LogP contribution in [0.1, 0.15) is 6.92 Å². The molecule has 0 spiro atoms. The van der Waals surface area contributed by atoms with E-state index in [9.17, 15) is 0 Å². The van der Waals surface area contributed by atoms with Crippen LogP contribution in [-0.2, 0) is 4.99 Å². The molecule has 0 amide bonds. The van der Waals surface area contributed by atoms with Gasteiger partial charge in [0.05, 0.1) is 23.7 Å². The van der Waals surface area contributed by atoms with E-state index >= 15 is 0 Å². The number of benzene rings is 2. The second kappa shape index (κ2) is 8.84. The van der Waals surface area contributed by atoms with Crippen LogP contribution < -0.4 is 10.4 Å². The van der Waals surface area contributed by atoms with Gasteiger partial charge in [0.25, 0.3) is 0 Å². The van der Waals surface area contributed by atoms with Gasteiger partial charge >= 0.3 is 0 Å². The summed E-state index contributed by atoms with van der Waals surface area (Å²) in [5.41, 5.74) is 5.39. The Morgan fingerprint density at radius 1 is 1.00 bits per heavy atom. The van der Waals surface area contributed by atoms with E-state index in [0.717, 1.165) is 17.9 Å². The van der Waals surface area contributed by atoms with Crippen molar-refractivity contribution in [1.29, 1.82) is 0 Å². The van der Waals surface area contributed by atoms with E-state index in [-0.39, 0.29) is 6.61 Å². The standard InChI is InChI=1S/C16H20N4O3/c1-2-20(11-12-21)16-9-7-14(8-10-16)18-17-13-3-5-15(6-4-13)19-23-22/h3-10,19,21-22H,2,11-12H2,1H3. The normalized spacial score (nSPS) is 10.9. The molecule has 2 rings (SSSR count). The summed E-state index contributed by atoms with van der Waals surface area (Å²) in [7, 11) is 0. The zero-order chi connectivity index (χ0) is 16.5. The monoisotopic (exact) mass is 316 g/mol. The average Bonchev–Trinajstić information content (AvgIpc) is 2.60. The van der Waals surface area contributed by atoms with E-state index in [2.05, 4.69) is 25.6 Å². The summed E-state index contributed by atoms with van der Waals surface area (Å²) >= 11 is 0. The minimum atomic E-state index is 0.126. The lowest BCUT2D eigenvalue weighted by molar-refractivity contribution is -0.215. The quantitative estimate of drug-likeness (QED) is 0.392. The Morgan fingerprint density at radius 3 is 2.04 bits per heavy atom. The maximum absolute atomic E-state index is 9.05. The van der Waals surface area contributed by atoms with Gasteiger partial charge in [0.2, 0.25) is 0 Å². The molecule has 2 aromatic carbocycles. The average molecular weight is 316 g/mol. The molecule has 0 heterocycles. The van der Waals surface area contributed by atoms with Gasteiger partial charge in [-0.05, 0) is 55.5 Å². The van der Waals surface area contributed by atoms with Gasteiger partial charge in [0, 0.05) is 18.8 Å². The smallest absolute Gasteiger partial charge is 0.0858 e. The van der Waals surface area contributed by atoms with E-state index in [4.69, 9.17) is 10.4 Å². The Kier molecular flexibility index (Phi) is 6.49. The van der Waals surface area contributed by atoms with Gasteiger partial charge in [-0.1, -0.05) is 0 Å². The second-order valence-corrected chi connectivity index (χ2v) is 4.76. The number of aliphatic hydroxyl groups excluding tert-OH is 1. The number of hydrogen-bond donors (Lipinski definition) is 3. The molecule has 7 heteroatoms. The second-order valence-electron chi connectivity index (χ2n) is 4.76. The molecule has 0 fully saturated rings. The molecule has 0 aliphatic rings. The molecule has 2 aromatic rings. The zero-order valence-electron chi connectivity index (χ0n) is 12.9. The van der Waals surface area contributed by atoms with Crippen LogP contribution in [-0.4, -0.2) is 30.1 Å². The molecule has 0 aliphatic heterocycles. The van der Waals surface area contributed by atoms with Crippen LogP contribution >= 0.6 is 0 Å². The van der Waals surface area contributed by atoms with Crippen molar-refractivity contribution in [3.63, 3.8) is 0 Å². The number of aliphatic hydroxyl groups is 1. The van der Waals surface area contributed by atoms with Crippen molar-refractivity contribution in [1.82, 2.24) is 0 Å². The topological polar surface area (TPSA) is 89.7 Å². The third-order valence-corrected chi connectivity index (χ3v) is 3.28. The summed E-state index contributed by atoms with van der Waals surface area (Å²) in [6.45, 7) is 3.61. The Hall–Kier alpha value is -2.48. The van der Waals surface area contributed by atoms with Gasteiger partial charge in [0.15, 0.2) is 0 Å². The SMILES string of the molecule is CCN(CCO)c1ccc(N=Nc2ccc(NOO)cc2)cc1. The van der Waals surface area contributed by atoms with Gasteiger partial charge in [-0.2, -0.15) is 10.2 Å². The summed E-state index contributed by atoms with van der Waals surface area (Å²) in [6.07, 6.45) is 0. The largest absolute Gasteiger partial charge is 0.395 e. The summed E-state index contributed by atoms with van der Waals surface area (Å²) in [5, 5.41) is 25.7. The van der Waals surface area contributed by atoms with Crippen LogP contribution in [0.25, 0.3) is 0 Å². The predicted molar refractivity (Wildman–Crippen MR) is 89.4 cm³/mol. The molecule has 0 bridgehead atoms. The van der Waals surface area contributed by atoms with E-state index in [1.54, 1.807) is 24.3 Å². The fourth-order valence-electron chi connectivity index (χ4n) is 2.08. The predicted octanol–water partition coefficient (Wildman–Crippen LogP) is 3.74. The molecule has 0 atom stereocenters. The number of hydrogen-bond acceptors (Lipinski definition) is 7. The Bertz CT molecular complexity index is 614. The third kappa shape index (κ3) is 5.03. The number of nitrogens with zero attached hydrogens (tertiary/aromatic N) is 3. The fourth-order valence-corrected chi connectivity index (χ4v) is 2.08. The zero-order valence-corrected chi connectivity index (χ0v) is 12.9. The molecule has 23 heavy (non-hydrogen) atoms.